The Labute approximate surface area is 140 Å². The summed E-state index contributed by atoms with van der Waals surface area (Å²) in [6.07, 6.45) is 8.21. The zero-order valence-electron chi connectivity index (χ0n) is 14.3. The molecule has 1 atom stereocenters. The summed E-state index contributed by atoms with van der Waals surface area (Å²) in [5.74, 6) is 0. The summed E-state index contributed by atoms with van der Waals surface area (Å²) in [7, 11) is 0.870. The molecular formula is C18H31BN2O2. The lowest BCUT2D eigenvalue weighted by molar-refractivity contribution is 0.396. The summed E-state index contributed by atoms with van der Waals surface area (Å²) in [4.78, 5) is 0. The predicted molar refractivity (Wildman–Crippen MR) is 96.6 cm³/mol. The van der Waals surface area contributed by atoms with Crippen LogP contribution in [0, 0.1) is 0 Å². The molecule has 128 valence electrons. The smallest absolute Gasteiger partial charge is 0.427 e. The number of hydrogen-bond donors (Lipinski definition) is 4. The molecule has 1 aromatic rings. The van der Waals surface area contributed by atoms with E-state index in [1.807, 2.05) is 7.05 Å². The Kier molecular flexibility index (Phi) is 8.10. The number of nitrogens with one attached hydrogen (secondary N) is 2. The maximum atomic E-state index is 8.85. The first-order chi connectivity index (χ1) is 11.2. The van der Waals surface area contributed by atoms with E-state index in [1.165, 1.54) is 24.0 Å². The van der Waals surface area contributed by atoms with Crippen molar-refractivity contribution >= 4 is 7.12 Å². The average Bonchev–Trinajstić information content (AvgIpc) is 2.95. The van der Waals surface area contributed by atoms with E-state index in [0.29, 0.717) is 18.4 Å². The van der Waals surface area contributed by atoms with Crippen molar-refractivity contribution in [2.24, 2.45) is 0 Å². The molecule has 0 saturated carbocycles. The molecule has 1 aliphatic rings. The summed E-state index contributed by atoms with van der Waals surface area (Å²) >= 11 is 0. The van der Waals surface area contributed by atoms with Crippen molar-refractivity contribution in [1.29, 1.82) is 0 Å². The van der Waals surface area contributed by atoms with Crippen molar-refractivity contribution in [2.45, 2.75) is 63.3 Å². The van der Waals surface area contributed by atoms with E-state index in [-0.39, 0.29) is 0 Å². The van der Waals surface area contributed by atoms with E-state index in [2.05, 4.69) is 34.9 Å². The van der Waals surface area contributed by atoms with Gasteiger partial charge in [0.2, 0.25) is 0 Å². The number of benzene rings is 1. The van der Waals surface area contributed by atoms with Crippen LogP contribution in [-0.4, -0.2) is 42.8 Å². The summed E-state index contributed by atoms with van der Waals surface area (Å²) in [6, 6.07) is 9.90. The lowest BCUT2D eigenvalue weighted by Crippen LogP contribution is -2.32. The van der Waals surface area contributed by atoms with E-state index >= 15 is 0 Å². The third kappa shape index (κ3) is 6.64. The summed E-state index contributed by atoms with van der Waals surface area (Å²) in [5.41, 5.74) is 3.01. The second kappa shape index (κ2) is 10.1. The predicted octanol–water partition coefficient (Wildman–Crippen LogP) is 1.75. The van der Waals surface area contributed by atoms with Crippen LogP contribution < -0.4 is 10.6 Å². The number of hydrogen-bond acceptors (Lipinski definition) is 4. The molecule has 1 aliphatic carbocycles. The van der Waals surface area contributed by atoms with Gasteiger partial charge in [0.15, 0.2) is 0 Å². The van der Waals surface area contributed by atoms with Gasteiger partial charge in [0.1, 0.15) is 0 Å². The number of rotatable bonds is 11. The summed E-state index contributed by atoms with van der Waals surface area (Å²) < 4.78 is 0. The molecule has 4 N–H and O–H groups in total. The monoisotopic (exact) mass is 318 g/mol. The quantitative estimate of drug-likeness (QED) is 0.371. The van der Waals surface area contributed by atoms with Crippen LogP contribution in [0.4, 0.5) is 0 Å². The van der Waals surface area contributed by atoms with Crippen molar-refractivity contribution in [2.75, 3.05) is 13.6 Å². The van der Waals surface area contributed by atoms with Crippen LogP contribution in [0.25, 0.3) is 0 Å². The van der Waals surface area contributed by atoms with Crippen molar-refractivity contribution < 1.29 is 10.0 Å². The van der Waals surface area contributed by atoms with Gasteiger partial charge >= 0.3 is 7.12 Å². The van der Waals surface area contributed by atoms with Crippen molar-refractivity contribution in [3.8, 4) is 0 Å². The largest absolute Gasteiger partial charge is 0.451 e. The Balaban J connectivity index is 1.54. The maximum Gasteiger partial charge on any atom is 0.451 e. The molecule has 5 heteroatoms. The highest BCUT2D eigenvalue weighted by atomic mass is 16.4. The fourth-order valence-electron chi connectivity index (χ4n) is 3.51. The topological polar surface area (TPSA) is 64.5 Å². The third-order valence-corrected chi connectivity index (χ3v) is 4.89. The lowest BCUT2D eigenvalue weighted by atomic mass is 9.83. The van der Waals surface area contributed by atoms with Gasteiger partial charge in [-0.3, -0.25) is 0 Å². The van der Waals surface area contributed by atoms with Crippen LogP contribution in [-0.2, 0) is 12.8 Å². The van der Waals surface area contributed by atoms with Gasteiger partial charge in [0.25, 0.3) is 0 Å². The summed E-state index contributed by atoms with van der Waals surface area (Å²) in [5, 5.41) is 24.8. The fourth-order valence-corrected chi connectivity index (χ4v) is 3.51. The minimum Gasteiger partial charge on any atom is -0.427 e. The van der Waals surface area contributed by atoms with Crippen molar-refractivity contribution in [3.63, 3.8) is 0 Å². The molecule has 0 bridgehead atoms. The fraction of sp³-hybridized carbons (Fsp3) is 0.667. The normalized spacial score (nSPS) is 15.6. The molecule has 0 amide bonds. The van der Waals surface area contributed by atoms with Crippen molar-refractivity contribution in [3.05, 3.63) is 35.4 Å². The Bertz CT molecular complexity index is 431. The van der Waals surface area contributed by atoms with Gasteiger partial charge in [0, 0.05) is 12.1 Å². The van der Waals surface area contributed by atoms with Crippen LogP contribution in [0.2, 0.25) is 6.32 Å². The van der Waals surface area contributed by atoms with E-state index in [0.717, 1.165) is 38.6 Å². The van der Waals surface area contributed by atoms with Crippen LogP contribution in [0.1, 0.15) is 43.2 Å². The highest BCUT2D eigenvalue weighted by Crippen LogP contribution is 2.21. The standard InChI is InChI=1S/C18H31BN2O2/c1-20-17(9-4-5-11-19(22)23)10-6-12-21-18-13-15-7-2-3-8-16(15)14-18/h2-3,7-8,17-18,20-23H,4-6,9-14H2,1H3. The van der Waals surface area contributed by atoms with Gasteiger partial charge in [-0.25, -0.2) is 0 Å². The minimum absolute atomic E-state index is 0.486. The number of fused-ring (bicyclic) bond motifs is 1. The third-order valence-electron chi connectivity index (χ3n) is 4.89. The molecule has 0 heterocycles. The van der Waals surface area contributed by atoms with E-state index in [4.69, 9.17) is 10.0 Å². The van der Waals surface area contributed by atoms with Gasteiger partial charge in [-0.15, -0.1) is 0 Å². The van der Waals surface area contributed by atoms with Crippen LogP contribution in [0.15, 0.2) is 24.3 Å². The zero-order valence-corrected chi connectivity index (χ0v) is 14.3. The first kappa shape index (κ1) is 18.5. The Morgan fingerprint density at radius 1 is 1.09 bits per heavy atom. The Morgan fingerprint density at radius 2 is 1.74 bits per heavy atom. The highest BCUT2D eigenvalue weighted by molar-refractivity contribution is 6.40. The molecule has 0 spiro atoms. The van der Waals surface area contributed by atoms with E-state index < -0.39 is 7.12 Å². The molecule has 0 radical (unpaired) electrons. The minimum atomic E-state index is -1.15. The molecule has 1 aromatic carbocycles. The van der Waals surface area contributed by atoms with Gasteiger partial charge < -0.3 is 20.7 Å². The number of unbranched alkanes of at least 4 members (excludes halogenated alkanes) is 1. The molecule has 0 aliphatic heterocycles. The molecule has 1 unspecified atom stereocenters. The van der Waals surface area contributed by atoms with Gasteiger partial charge in [-0.1, -0.05) is 37.1 Å². The molecule has 23 heavy (non-hydrogen) atoms. The second-order valence-corrected chi connectivity index (χ2v) is 6.72. The average molecular weight is 318 g/mol. The van der Waals surface area contributed by atoms with Crippen molar-refractivity contribution in [1.82, 2.24) is 10.6 Å². The second-order valence-electron chi connectivity index (χ2n) is 6.72. The van der Waals surface area contributed by atoms with Crippen LogP contribution in [0.3, 0.4) is 0 Å². The summed E-state index contributed by atoms with van der Waals surface area (Å²) in [6.45, 7) is 1.08. The molecule has 0 aromatic heterocycles. The van der Waals surface area contributed by atoms with Gasteiger partial charge in [-0.2, -0.15) is 0 Å². The zero-order chi connectivity index (χ0) is 16.5. The molecule has 4 nitrogen and oxygen atoms in total. The first-order valence-corrected chi connectivity index (χ1v) is 9.02. The molecular weight excluding hydrogens is 287 g/mol. The molecule has 2 rings (SSSR count). The highest BCUT2D eigenvalue weighted by Gasteiger charge is 2.19. The first-order valence-electron chi connectivity index (χ1n) is 9.02. The Morgan fingerprint density at radius 3 is 2.35 bits per heavy atom. The van der Waals surface area contributed by atoms with E-state index in [1.54, 1.807) is 0 Å². The SMILES string of the molecule is CNC(CCCCB(O)O)CCCNC1Cc2ccccc2C1. The lowest BCUT2D eigenvalue weighted by Gasteiger charge is -2.17. The van der Waals surface area contributed by atoms with Gasteiger partial charge in [0.05, 0.1) is 0 Å². The molecule has 0 fully saturated rings. The maximum absolute atomic E-state index is 8.85. The molecule has 0 saturated heterocycles. The Hall–Kier alpha value is -0.875. The van der Waals surface area contributed by atoms with Crippen LogP contribution in [0.5, 0.6) is 0 Å². The van der Waals surface area contributed by atoms with Gasteiger partial charge in [-0.05, 0) is 63.1 Å². The van der Waals surface area contributed by atoms with E-state index in [9.17, 15) is 0 Å². The van der Waals surface area contributed by atoms with Crippen LogP contribution >= 0.6 is 0 Å².